The molecule has 0 aliphatic heterocycles. The molecule has 0 aliphatic carbocycles. The van der Waals surface area contributed by atoms with Gasteiger partial charge in [0.1, 0.15) is 11.3 Å². The smallest absolute Gasteiger partial charge is 0.335 e. The molecule has 1 aromatic carbocycles. The maximum absolute atomic E-state index is 10.9. The lowest BCUT2D eigenvalue weighted by Gasteiger charge is -2.05. The van der Waals surface area contributed by atoms with E-state index in [2.05, 4.69) is 5.10 Å². The second-order valence-electron chi connectivity index (χ2n) is 3.59. The van der Waals surface area contributed by atoms with Crippen molar-refractivity contribution in [1.29, 1.82) is 0 Å². The highest BCUT2D eigenvalue weighted by atomic mass is 16.5. The Labute approximate surface area is 92.2 Å². The van der Waals surface area contributed by atoms with Crippen molar-refractivity contribution in [3.05, 3.63) is 23.4 Å². The van der Waals surface area contributed by atoms with Crippen molar-refractivity contribution in [2.24, 2.45) is 7.05 Å². The lowest BCUT2D eigenvalue weighted by atomic mass is 10.1. The van der Waals surface area contributed by atoms with Crippen LogP contribution in [0.2, 0.25) is 0 Å². The average molecular weight is 220 g/mol. The van der Waals surface area contributed by atoms with E-state index in [1.165, 1.54) is 13.2 Å². The normalized spacial score (nSPS) is 10.7. The zero-order valence-corrected chi connectivity index (χ0v) is 9.31. The Kier molecular flexibility index (Phi) is 2.30. The van der Waals surface area contributed by atoms with E-state index < -0.39 is 5.97 Å². The molecule has 0 radical (unpaired) electrons. The van der Waals surface area contributed by atoms with E-state index in [1.54, 1.807) is 17.8 Å². The molecule has 1 N–H and O–H groups in total. The number of aromatic carboxylic acids is 1. The number of nitrogens with zero attached hydrogens (tertiary/aromatic N) is 2. The molecule has 0 aliphatic rings. The molecule has 0 saturated heterocycles. The van der Waals surface area contributed by atoms with Gasteiger partial charge in [-0.15, -0.1) is 0 Å². The molecule has 0 atom stereocenters. The van der Waals surface area contributed by atoms with E-state index in [-0.39, 0.29) is 5.56 Å². The van der Waals surface area contributed by atoms with Crippen molar-refractivity contribution >= 4 is 16.9 Å². The van der Waals surface area contributed by atoms with Crippen LogP contribution in [0.1, 0.15) is 16.1 Å². The van der Waals surface area contributed by atoms with Crippen LogP contribution >= 0.6 is 0 Å². The lowest BCUT2D eigenvalue weighted by molar-refractivity contribution is 0.0696. The van der Waals surface area contributed by atoms with Gasteiger partial charge in [-0.25, -0.2) is 4.79 Å². The average Bonchev–Trinajstić information content (AvgIpc) is 2.53. The van der Waals surface area contributed by atoms with E-state index in [4.69, 9.17) is 9.84 Å². The van der Waals surface area contributed by atoms with Gasteiger partial charge in [0.05, 0.1) is 18.4 Å². The number of aromatic nitrogens is 2. The SMILES string of the molecule is COc1cc(C(=O)O)cc2c(C)nn(C)c12. The number of hydrogen-bond donors (Lipinski definition) is 1. The molecule has 0 spiro atoms. The molecule has 2 aromatic rings. The minimum atomic E-state index is -0.969. The number of benzene rings is 1. The van der Waals surface area contributed by atoms with Crippen LogP contribution < -0.4 is 4.74 Å². The number of fused-ring (bicyclic) bond motifs is 1. The highest BCUT2D eigenvalue weighted by molar-refractivity contribution is 5.97. The molecule has 5 nitrogen and oxygen atoms in total. The Bertz CT molecular complexity index is 572. The van der Waals surface area contributed by atoms with Crippen molar-refractivity contribution in [1.82, 2.24) is 9.78 Å². The monoisotopic (exact) mass is 220 g/mol. The summed E-state index contributed by atoms with van der Waals surface area (Å²) >= 11 is 0. The fourth-order valence-corrected chi connectivity index (χ4v) is 1.83. The summed E-state index contributed by atoms with van der Waals surface area (Å²) in [6.45, 7) is 1.84. The zero-order valence-electron chi connectivity index (χ0n) is 9.31. The Morgan fingerprint density at radius 3 is 2.75 bits per heavy atom. The van der Waals surface area contributed by atoms with E-state index in [0.29, 0.717) is 5.75 Å². The van der Waals surface area contributed by atoms with Crippen LogP contribution in [-0.2, 0) is 7.05 Å². The number of carbonyl (C=O) groups is 1. The molecular weight excluding hydrogens is 208 g/mol. The van der Waals surface area contributed by atoms with Gasteiger partial charge in [0.2, 0.25) is 0 Å². The fraction of sp³-hybridized carbons (Fsp3) is 0.273. The van der Waals surface area contributed by atoms with Crippen LogP contribution in [0.15, 0.2) is 12.1 Å². The van der Waals surface area contributed by atoms with Gasteiger partial charge in [0.15, 0.2) is 0 Å². The third-order valence-corrected chi connectivity index (χ3v) is 2.56. The molecule has 16 heavy (non-hydrogen) atoms. The molecule has 5 heteroatoms. The second kappa shape index (κ2) is 3.52. The number of aryl methyl sites for hydroxylation is 2. The van der Waals surface area contributed by atoms with Crippen LogP contribution in [0.25, 0.3) is 10.9 Å². The minimum Gasteiger partial charge on any atom is -0.494 e. The predicted molar refractivity (Wildman–Crippen MR) is 59.0 cm³/mol. The van der Waals surface area contributed by atoms with Crippen LogP contribution in [0.3, 0.4) is 0 Å². The third-order valence-electron chi connectivity index (χ3n) is 2.56. The summed E-state index contributed by atoms with van der Waals surface area (Å²) in [5.41, 5.74) is 1.81. The first-order valence-corrected chi connectivity index (χ1v) is 4.79. The zero-order chi connectivity index (χ0) is 11.9. The number of hydrogen-bond acceptors (Lipinski definition) is 3. The Morgan fingerprint density at radius 1 is 1.50 bits per heavy atom. The molecular formula is C11H12N2O3. The molecule has 0 amide bonds. The Balaban J connectivity index is 2.86. The Hall–Kier alpha value is -2.04. The molecule has 0 unspecified atom stereocenters. The quantitative estimate of drug-likeness (QED) is 0.834. The van der Waals surface area contributed by atoms with E-state index in [1.807, 2.05) is 6.92 Å². The second-order valence-corrected chi connectivity index (χ2v) is 3.59. The fourth-order valence-electron chi connectivity index (χ4n) is 1.83. The lowest BCUT2D eigenvalue weighted by Crippen LogP contribution is -1.99. The summed E-state index contributed by atoms with van der Waals surface area (Å²) in [4.78, 5) is 10.9. The van der Waals surface area contributed by atoms with Gasteiger partial charge in [-0.3, -0.25) is 4.68 Å². The summed E-state index contributed by atoms with van der Waals surface area (Å²) in [5.74, 6) is -0.443. The van der Waals surface area contributed by atoms with Gasteiger partial charge in [-0.2, -0.15) is 5.10 Å². The van der Waals surface area contributed by atoms with Crippen LogP contribution in [0.5, 0.6) is 5.75 Å². The van der Waals surface area contributed by atoms with Crippen molar-refractivity contribution in [2.75, 3.05) is 7.11 Å². The molecule has 1 heterocycles. The van der Waals surface area contributed by atoms with Crippen LogP contribution in [-0.4, -0.2) is 28.0 Å². The van der Waals surface area contributed by atoms with Crippen molar-refractivity contribution in [3.8, 4) is 5.75 Å². The van der Waals surface area contributed by atoms with Crippen molar-refractivity contribution < 1.29 is 14.6 Å². The first-order chi connectivity index (χ1) is 7.54. The predicted octanol–water partition coefficient (Wildman–Crippen LogP) is 1.59. The number of carboxylic acids is 1. The summed E-state index contributed by atoms with van der Waals surface area (Å²) in [6, 6.07) is 3.12. The number of methoxy groups -OCH3 is 1. The number of carboxylic acid groups (broad SMARTS) is 1. The van der Waals surface area contributed by atoms with Crippen LogP contribution in [0, 0.1) is 6.92 Å². The van der Waals surface area contributed by atoms with Gasteiger partial charge >= 0.3 is 5.97 Å². The summed E-state index contributed by atoms with van der Waals surface area (Å²) in [6.07, 6.45) is 0. The standard InChI is InChI=1S/C11H12N2O3/c1-6-8-4-7(11(14)15)5-9(16-3)10(8)13(2)12-6/h4-5H,1-3H3,(H,14,15). The molecule has 0 saturated carbocycles. The number of ether oxygens (including phenoxy) is 1. The van der Waals surface area contributed by atoms with Gasteiger partial charge in [-0.05, 0) is 19.1 Å². The molecule has 84 valence electrons. The van der Waals surface area contributed by atoms with Gasteiger partial charge < -0.3 is 9.84 Å². The van der Waals surface area contributed by atoms with E-state index in [9.17, 15) is 4.79 Å². The molecule has 0 bridgehead atoms. The highest BCUT2D eigenvalue weighted by Gasteiger charge is 2.14. The molecule has 1 aromatic heterocycles. The van der Waals surface area contributed by atoms with E-state index in [0.717, 1.165) is 16.6 Å². The summed E-state index contributed by atoms with van der Waals surface area (Å²) in [5, 5.41) is 14.0. The van der Waals surface area contributed by atoms with Gasteiger partial charge in [0, 0.05) is 12.4 Å². The van der Waals surface area contributed by atoms with Crippen molar-refractivity contribution in [2.45, 2.75) is 6.92 Å². The number of rotatable bonds is 2. The Morgan fingerprint density at radius 2 is 2.19 bits per heavy atom. The summed E-state index contributed by atoms with van der Waals surface area (Å²) in [7, 11) is 3.32. The minimum absolute atomic E-state index is 0.209. The van der Waals surface area contributed by atoms with E-state index >= 15 is 0 Å². The maximum Gasteiger partial charge on any atom is 0.335 e. The van der Waals surface area contributed by atoms with Crippen molar-refractivity contribution in [3.63, 3.8) is 0 Å². The van der Waals surface area contributed by atoms with Crippen LogP contribution in [0.4, 0.5) is 0 Å². The highest BCUT2D eigenvalue weighted by Crippen LogP contribution is 2.29. The first kappa shape index (κ1) is 10.5. The largest absolute Gasteiger partial charge is 0.494 e. The molecule has 0 fully saturated rings. The third kappa shape index (κ3) is 1.41. The topological polar surface area (TPSA) is 64.3 Å². The molecule has 2 rings (SSSR count). The van der Waals surface area contributed by atoms with Gasteiger partial charge in [0.25, 0.3) is 0 Å². The van der Waals surface area contributed by atoms with Gasteiger partial charge in [-0.1, -0.05) is 0 Å². The maximum atomic E-state index is 10.9. The first-order valence-electron chi connectivity index (χ1n) is 4.79. The summed E-state index contributed by atoms with van der Waals surface area (Å²) < 4.78 is 6.88.